The summed E-state index contributed by atoms with van der Waals surface area (Å²) >= 11 is 11.9. The molecule has 1 amide bonds. The predicted octanol–water partition coefficient (Wildman–Crippen LogP) is 4.45. The van der Waals surface area contributed by atoms with Gasteiger partial charge in [-0.2, -0.15) is 0 Å². The Labute approximate surface area is 150 Å². The van der Waals surface area contributed by atoms with Crippen molar-refractivity contribution in [2.24, 2.45) is 0 Å². The van der Waals surface area contributed by atoms with Crippen molar-refractivity contribution in [3.63, 3.8) is 0 Å². The molecule has 0 aliphatic carbocycles. The van der Waals surface area contributed by atoms with Crippen molar-refractivity contribution >= 4 is 40.5 Å². The maximum Gasteiger partial charge on any atom is 0.246 e. The van der Waals surface area contributed by atoms with Gasteiger partial charge in [-0.25, -0.2) is 0 Å². The summed E-state index contributed by atoms with van der Waals surface area (Å²) in [6, 6.07) is 9.72. The third-order valence-electron chi connectivity index (χ3n) is 3.29. The lowest BCUT2D eigenvalue weighted by Crippen LogP contribution is -2.31. The number of hydrogen-bond acceptors (Lipinski definition) is 4. The lowest BCUT2D eigenvalue weighted by Gasteiger charge is -2.17. The number of amides is 1. The van der Waals surface area contributed by atoms with Gasteiger partial charge in [-0.05, 0) is 37.3 Å². The second kappa shape index (κ2) is 8.13. The van der Waals surface area contributed by atoms with Crippen LogP contribution in [0.1, 0.15) is 6.92 Å². The van der Waals surface area contributed by atoms with Crippen LogP contribution in [0.3, 0.4) is 0 Å². The first-order valence-electron chi connectivity index (χ1n) is 7.18. The Kier molecular flexibility index (Phi) is 6.17. The molecule has 0 saturated carbocycles. The maximum absolute atomic E-state index is 12.3. The van der Waals surface area contributed by atoms with Crippen LogP contribution >= 0.6 is 23.2 Å². The lowest BCUT2D eigenvalue weighted by molar-refractivity contribution is -0.116. The largest absolute Gasteiger partial charge is 0.493 e. The Balaban J connectivity index is 2.06. The number of carbonyl (C=O) groups excluding carboxylic acids is 1. The van der Waals surface area contributed by atoms with Crippen LogP contribution in [0.5, 0.6) is 11.5 Å². The summed E-state index contributed by atoms with van der Waals surface area (Å²) in [6.45, 7) is 1.75. The highest BCUT2D eigenvalue weighted by Gasteiger charge is 2.14. The van der Waals surface area contributed by atoms with Crippen LogP contribution in [-0.2, 0) is 4.79 Å². The van der Waals surface area contributed by atoms with E-state index < -0.39 is 6.04 Å². The molecule has 0 aliphatic heterocycles. The van der Waals surface area contributed by atoms with Gasteiger partial charge in [0.2, 0.25) is 5.91 Å². The molecule has 2 aromatic carbocycles. The molecule has 2 rings (SSSR count). The Morgan fingerprint density at radius 3 is 2.17 bits per heavy atom. The molecule has 7 heteroatoms. The number of carbonyl (C=O) groups is 1. The Bertz CT molecular complexity index is 718. The molecule has 0 bridgehead atoms. The molecular formula is C17H18Cl2N2O3. The highest BCUT2D eigenvalue weighted by molar-refractivity contribution is 6.35. The van der Waals surface area contributed by atoms with E-state index in [4.69, 9.17) is 32.7 Å². The summed E-state index contributed by atoms with van der Waals surface area (Å²) in [4.78, 5) is 12.3. The van der Waals surface area contributed by atoms with Crippen molar-refractivity contribution in [2.75, 3.05) is 24.9 Å². The van der Waals surface area contributed by atoms with Crippen molar-refractivity contribution in [1.82, 2.24) is 0 Å². The molecule has 0 unspecified atom stereocenters. The molecule has 1 atom stereocenters. The van der Waals surface area contributed by atoms with Crippen LogP contribution < -0.4 is 20.1 Å². The van der Waals surface area contributed by atoms with Crippen LogP contribution in [0.25, 0.3) is 0 Å². The quantitative estimate of drug-likeness (QED) is 0.790. The van der Waals surface area contributed by atoms with Gasteiger partial charge >= 0.3 is 0 Å². The highest BCUT2D eigenvalue weighted by atomic mass is 35.5. The minimum Gasteiger partial charge on any atom is -0.493 e. The molecule has 2 aromatic rings. The van der Waals surface area contributed by atoms with Crippen molar-refractivity contribution in [2.45, 2.75) is 13.0 Å². The highest BCUT2D eigenvalue weighted by Crippen LogP contribution is 2.30. The average molecular weight is 369 g/mol. The van der Waals surface area contributed by atoms with E-state index in [9.17, 15) is 4.79 Å². The number of halogens is 2. The van der Waals surface area contributed by atoms with E-state index in [1.54, 1.807) is 57.5 Å². The van der Waals surface area contributed by atoms with E-state index in [1.807, 2.05) is 0 Å². The first-order chi connectivity index (χ1) is 11.4. The van der Waals surface area contributed by atoms with Gasteiger partial charge in [0.1, 0.15) is 6.04 Å². The van der Waals surface area contributed by atoms with Crippen LogP contribution in [0.2, 0.25) is 10.0 Å². The second-order valence-electron chi connectivity index (χ2n) is 5.08. The van der Waals surface area contributed by atoms with Crippen LogP contribution in [0, 0.1) is 0 Å². The predicted molar refractivity (Wildman–Crippen MR) is 97.7 cm³/mol. The summed E-state index contributed by atoms with van der Waals surface area (Å²) in [6.07, 6.45) is 0. The van der Waals surface area contributed by atoms with E-state index in [1.165, 1.54) is 0 Å². The summed E-state index contributed by atoms with van der Waals surface area (Å²) in [5.74, 6) is 0.980. The average Bonchev–Trinajstić information content (AvgIpc) is 2.53. The fraction of sp³-hybridized carbons (Fsp3) is 0.235. The van der Waals surface area contributed by atoms with E-state index in [2.05, 4.69) is 10.6 Å². The van der Waals surface area contributed by atoms with Gasteiger partial charge in [-0.3, -0.25) is 4.79 Å². The zero-order valence-corrected chi connectivity index (χ0v) is 15.0. The van der Waals surface area contributed by atoms with Crippen LogP contribution in [-0.4, -0.2) is 26.2 Å². The molecule has 0 heterocycles. The summed E-state index contributed by atoms with van der Waals surface area (Å²) in [5, 5.41) is 6.79. The van der Waals surface area contributed by atoms with E-state index in [0.29, 0.717) is 27.2 Å². The Hall–Kier alpha value is -2.11. The minimum absolute atomic E-state index is 0.219. The normalized spacial score (nSPS) is 11.5. The summed E-state index contributed by atoms with van der Waals surface area (Å²) in [7, 11) is 3.12. The maximum atomic E-state index is 12.3. The smallest absolute Gasteiger partial charge is 0.246 e. The second-order valence-corrected chi connectivity index (χ2v) is 5.96. The summed E-state index contributed by atoms with van der Waals surface area (Å²) < 4.78 is 10.4. The fourth-order valence-corrected chi connectivity index (χ4v) is 2.64. The molecule has 0 aliphatic rings. The Morgan fingerprint density at radius 2 is 1.58 bits per heavy atom. The third-order valence-corrected chi connectivity index (χ3v) is 3.73. The number of anilines is 2. The molecule has 0 fully saturated rings. The SMILES string of the molecule is COc1ccc(N[C@H](C)C(=O)Nc2cc(Cl)cc(Cl)c2)cc1OC. The van der Waals surface area contributed by atoms with Crippen molar-refractivity contribution in [3.05, 3.63) is 46.4 Å². The zero-order chi connectivity index (χ0) is 17.7. The molecule has 0 saturated heterocycles. The zero-order valence-electron chi connectivity index (χ0n) is 13.5. The van der Waals surface area contributed by atoms with Crippen molar-refractivity contribution in [3.8, 4) is 11.5 Å². The lowest BCUT2D eigenvalue weighted by atomic mass is 10.2. The van der Waals surface area contributed by atoms with E-state index in [0.717, 1.165) is 5.69 Å². The molecule has 5 nitrogen and oxygen atoms in total. The third kappa shape index (κ3) is 4.69. The first-order valence-corrected chi connectivity index (χ1v) is 7.94. The minimum atomic E-state index is -0.485. The number of nitrogens with one attached hydrogen (secondary N) is 2. The van der Waals surface area contributed by atoms with Gasteiger partial charge in [0.05, 0.1) is 14.2 Å². The molecular weight excluding hydrogens is 351 g/mol. The van der Waals surface area contributed by atoms with Crippen molar-refractivity contribution in [1.29, 1.82) is 0 Å². The van der Waals surface area contributed by atoms with Crippen molar-refractivity contribution < 1.29 is 14.3 Å². The number of rotatable bonds is 6. The molecule has 0 spiro atoms. The number of methoxy groups -OCH3 is 2. The number of benzene rings is 2. The van der Waals surface area contributed by atoms with Gasteiger partial charge in [0, 0.05) is 27.5 Å². The van der Waals surface area contributed by atoms with Gasteiger partial charge in [-0.1, -0.05) is 23.2 Å². The van der Waals surface area contributed by atoms with Gasteiger partial charge in [0.25, 0.3) is 0 Å². The summed E-state index contributed by atoms with van der Waals surface area (Å²) in [5.41, 5.74) is 1.28. The standard InChI is InChI=1S/C17H18Cl2N2O3/c1-10(17(22)21-14-7-11(18)6-12(19)8-14)20-13-4-5-15(23-2)16(9-13)24-3/h4-10,20H,1-3H3,(H,21,22)/t10-/m1/s1. The topological polar surface area (TPSA) is 59.6 Å². The van der Waals surface area contributed by atoms with E-state index >= 15 is 0 Å². The molecule has 2 N–H and O–H groups in total. The van der Waals surface area contributed by atoms with Crippen LogP contribution in [0.4, 0.5) is 11.4 Å². The molecule has 0 aromatic heterocycles. The van der Waals surface area contributed by atoms with Crippen LogP contribution in [0.15, 0.2) is 36.4 Å². The molecule has 128 valence electrons. The fourth-order valence-electron chi connectivity index (χ4n) is 2.12. The number of hydrogen-bond donors (Lipinski definition) is 2. The molecule has 24 heavy (non-hydrogen) atoms. The monoisotopic (exact) mass is 368 g/mol. The van der Waals surface area contributed by atoms with Gasteiger partial charge in [0.15, 0.2) is 11.5 Å². The Morgan fingerprint density at radius 1 is 0.958 bits per heavy atom. The first kappa shape index (κ1) is 18.2. The number of ether oxygens (including phenoxy) is 2. The van der Waals surface area contributed by atoms with Gasteiger partial charge < -0.3 is 20.1 Å². The van der Waals surface area contributed by atoms with Gasteiger partial charge in [-0.15, -0.1) is 0 Å². The van der Waals surface area contributed by atoms with E-state index in [-0.39, 0.29) is 5.91 Å². The molecule has 0 radical (unpaired) electrons.